The van der Waals surface area contributed by atoms with Crippen molar-refractivity contribution in [2.75, 3.05) is 11.9 Å². The zero-order valence-corrected chi connectivity index (χ0v) is 10.9. The van der Waals surface area contributed by atoms with Crippen LogP contribution in [0.2, 0.25) is 5.22 Å². The van der Waals surface area contributed by atoms with Gasteiger partial charge in [-0.1, -0.05) is 11.8 Å². The SMILES string of the molecule is O=C(Nc1ccc(F)cc1C#CCO)c1ccoc1Cl. The quantitative estimate of drug-likeness (QED) is 0.837. The Morgan fingerprint density at radius 3 is 2.90 bits per heavy atom. The van der Waals surface area contributed by atoms with Gasteiger partial charge < -0.3 is 14.8 Å². The summed E-state index contributed by atoms with van der Waals surface area (Å²) >= 11 is 5.70. The van der Waals surface area contributed by atoms with Crippen LogP contribution in [0.1, 0.15) is 15.9 Å². The van der Waals surface area contributed by atoms with Gasteiger partial charge >= 0.3 is 0 Å². The van der Waals surface area contributed by atoms with Crippen LogP contribution in [-0.2, 0) is 0 Å². The molecule has 102 valence electrons. The molecule has 0 aliphatic rings. The molecule has 0 bridgehead atoms. The number of amides is 1. The molecule has 0 saturated heterocycles. The Balaban J connectivity index is 2.29. The minimum atomic E-state index is -0.498. The van der Waals surface area contributed by atoms with Crippen LogP contribution >= 0.6 is 11.6 Å². The van der Waals surface area contributed by atoms with Crippen LogP contribution in [0, 0.1) is 17.7 Å². The molecule has 0 aliphatic carbocycles. The van der Waals surface area contributed by atoms with Crippen molar-refractivity contribution in [1.82, 2.24) is 0 Å². The highest BCUT2D eigenvalue weighted by atomic mass is 35.5. The van der Waals surface area contributed by atoms with E-state index in [0.717, 1.165) is 6.07 Å². The standard InChI is InChI=1S/C14H9ClFNO3/c15-13-11(5-7-20-13)14(19)17-12-4-3-10(16)8-9(12)2-1-6-18/h3-5,7-8,18H,6H2,(H,17,19). The van der Waals surface area contributed by atoms with Gasteiger partial charge in [-0.15, -0.1) is 0 Å². The molecule has 0 radical (unpaired) electrons. The number of carbonyl (C=O) groups is 1. The first-order chi connectivity index (χ1) is 9.61. The highest BCUT2D eigenvalue weighted by molar-refractivity contribution is 6.32. The lowest BCUT2D eigenvalue weighted by Gasteiger charge is -2.06. The van der Waals surface area contributed by atoms with Crippen LogP contribution < -0.4 is 5.32 Å². The van der Waals surface area contributed by atoms with Crippen LogP contribution in [0.25, 0.3) is 0 Å². The number of halogens is 2. The molecule has 0 fully saturated rings. The maximum absolute atomic E-state index is 13.2. The molecular weight excluding hydrogens is 285 g/mol. The third-order valence-corrected chi connectivity index (χ3v) is 2.69. The van der Waals surface area contributed by atoms with Gasteiger partial charge in [-0.05, 0) is 35.9 Å². The third kappa shape index (κ3) is 3.18. The summed E-state index contributed by atoms with van der Waals surface area (Å²) in [5.74, 6) is 3.96. The summed E-state index contributed by atoms with van der Waals surface area (Å²) in [7, 11) is 0. The van der Waals surface area contributed by atoms with Gasteiger partial charge in [-0.25, -0.2) is 4.39 Å². The van der Waals surface area contributed by atoms with Gasteiger partial charge in [-0.2, -0.15) is 0 Å². The number of anilines is 1. The lowest BCUT2D eigenvalue weighted by molar-refractivity contribution is 0.102. The fraction of sp³-hybridized carbons (Fsp3) is 0.0714. The summed E-state index contributed by atoms with van der Waals surface area (Å²) in [4.78, 5) is 12.0. The van der Waals surface area contributed by atoms with Crippen LogP contribution in [0.4, 0.5) is 10.1 Å². The molecule has 6 heteroatoms. The molecule has 0 unspecified atom stereocenters. The first-order valence-electron chi connectivity index (χ1n) is 5.55. The van der Waals surface area contributed by atoms with Gasteiger partial charge in [-0.3, -0.25) is 4.79 Å². The van der Waals surface area contributed by atoms with Gasteiger partial charge in [0, 0.05) is 0 Å². The molecule has 2 N–H and O–H groups in total. The summed E-state index contributed by atoms with van der Waals surface area (Å²) in [6.07, 6.45) is 1.29. The van der Waals surface area contributed by atoms with E-state index in [4.69, 9.17) is 21.1 Å². The van der Waals surface area contributed by atoms with E-state index >= 15 is 0 Å². The number of rotatable bonds is 2. The predicted molar refractivity (Wildman–Crippen MR) is 72.0 cm³/mol. The largest absolute Gasteiger partial charge is 0.452 e. The molecule has 2 aromatic rings. The van der Waals surface area contributed by atoms with Crippen molar-refractivity contribution in [2.45, 2.75) is 0 Å². The highest BCUT2D eigenvalue weighted by Gasteiger charge is 2.14. The molecule has 0 saturated carbocycles. The first-order valence-corrected chi connectivity index (χ1v) is 5.93. The van der Waals surface area contributed by atoms with E-state index in [0.29, 0.717) is 5.69 Å². The summed E-state index contributed by atoms with van der Waals surface area (Å²) < 4.78 is 18.0. The molecule has 0 spiro atoms. The fourth-order valence-corrected chi connectivity index (χ4v) is 1.71. The van der Waals surface area contributed by atoms with Crippen molar-refractivity contribution in [3.63, 3.8) is 0 Å². The van der Waals surface area contributed by atoms with E-state index in [9.17, 15) is 9.18 Å². The Hall–Kier alpha value is -2.29. The summed E-state index contributed by atoms with van der Waals surface area (Å²) in [5, 5.41) is 11.2. The molecule has 1 amide bonds. The van der Waals surface area contributed by atoms with Crippen LogP contribution in [0.5, 0.6) is 0 Å². The van der Waals surface area contributed by atoms with Crippen molar-refractivity contribution in [1.29, 1.82) is 0 Å². The van der Waals surface area contributed by atoms with Crippen molar-refractivity contribution in [3.05, 3.63) is 52.7 Å². The normalized spacial score (nSPS) is 9.75. The van der Waals surface area contributed by atoms with Gasteiger partial charge in [0.1, 0.15) is 12.4 Å². The Morgan fingerprint density at radius 1 is 1.45 bits per heavy atom. The smallest absolute Gasteiger partial charge is 0.260 e. The minimum Gasteiger partial charge on any atom is -0.452 e. The Morgan fingerprint density at radius 2 is 2.25 bits per heavy atom. The number of aliphatic hydroxyl groups is 1. The number of furan rings is 1. The first kappa shape index (κ1) is 14.1. The molecule has 4 nitrogen and oxygen atoms in total. The second-order valence-electron chi connectivity index (χ2n) is 3.71. The summed E-state index contributed by atoms with van der Waals surface area (Å²) in [6, 6.07) is 5.15. The van der Waals surface area contributed by atoms with Crippen molar-refractivity contribution >= 4 is 23.2 Å². The average Bonchev–Trinajstić information content (AvgIpc) is 2.85. The van der Waals surface area contributed by atoms with Crippen LogP contribution in [0.15, 0.2) is 34.9 Å². The maximum atomic E-state index is 13.2. The molecule has 0 aliphatic heterocycles. The second kappa shape index (κ2) is 6.24. The average molecular weight is 294 g/mol. The van der Waals surface area contributed by atoms with Crippen molar-refractivity contribution in [2.24, 2.45) is 0 Å². The lowest BCUT2D eigenvalue weighted by Crippen LogP contribution is -2.12. The third-order valence-electron chi connectivity index (χ3n) is 2.39. The Labute approximate surface area is 119 Å². The van der Waals surface area contributed by atoms with E-state index in [1.54, 1.807) is 0 Å². The second-order valence-corrected chi connectivity index (χ2v) is 4.06. The Bertz CT molecular complexity index is 700. The topological polar surface area (TPSA) is 62.5 Å². The van der Waals surface area contributed by atoms with Gasteiger partial charge in [0.25, 0.3) is 5.91 Å². The molecule has 1 heterocycles. The van der Waals surface area contributed by atoms with E-state index in [1.807, 2.05) is 0 Å². The zero-order chi connectivity index (χ0) is 14.5. The minimum absolute atomic E-state index is 0.0346. The van der Waals surface area contributed by atoms with Gasteiger partial charge in [0.05, 0.1) is 23.1 Å². The number of hydrogen-bond donors (Lipinski definition) is 2. The number of hydrogen-bond acceptors (Lipinski definition) is 3. The van der Waals surface area contributed by atoms with Gasteiger partial charge in [0.2, 0.25) is 5.22 Å². The Kier molecular flexibility index (Phi) is 4.41. The molecule has 0 atom stereocenters. The summed E-state index contributed by atoms with van der Waals surface area (Å²) in [5.41, 5.74) is 0.735. The van der Waals surface area contributed by atoms with E-state index < -0.39 is 11.7 Å². The van der Waals surface area contributed by atoms with Crippen molar-refractivity contribution < 1.29 is 18.7 Å². The monoisotopic (exact) mass is 293 g/mol. The number of carbonyl (C=O) groups excluding carboxylic acids is 1. The van der Waals surface area contributed by atoms with Crippen LogP contribution in [0.3, 0.4) is 0 Å². The fourth-order valence-electron chi connectivity index (χ4n) is 1.51. The molecule has 20 heavy (non-hydrogen) atoms. The molecule has 2 rings (SSSR count). The van der Waals surface area contributed by atoms with E-state index in [-0.39, 0.29) is 23.0 Å². The highest BCUT2D eigenvalue weighted by Crippen LogP contribution is 2.21. The van der Waals surface area contributed by atoms with E-state index in [1.165, 1.54) is 24.5 Å². The zero-order valence-electron chi connectivity index (χ0n) is 10.1. The molecule has 1 aromatic carbocycles. The molecule has 1 aromatic heterocycles. The lowest BCUT2D eigenvalue weighted by atomic mass is 10.1. The van der Waals surface area contributed by atoms with E-state index in [2.05, 4.69) is 17.2 Å². The van der Waals surface area contributed by atoms with Crippen LogP contribution in [-0.4, -0.2) is 17.6 Å². The number of benzene rings is 1. The van der Waals surface area contributed by atoms with Crippen molar-refractivity contribution in [3.8, 4) is 11.8 Å². The number of aliphatic hydroxyl groups excluding tert-OH is 1. The van der Waals surface area contributed by atoms with Gasteiger partial charge in [0.15, 0.2) is 0 Å². The predicted octanol–water partition coefficient (Wildman–Crippen LogP) is 2.67. The number of nitrogens with one attached hydrogen (secondary N) is 1. The maximum Gasteiger partial charge on any atom is 0.260 e. The molecular formula is C14H9ClFNO3. The summed E-state index contributed by atoms with van der Waals surface area (Å²) in [6.45, 7) is -0.364.